The van der Waals surface area contributed by atoms with Crippen molar-refractivity contribution in [3.05, 3.63) is 17.6 Å². The second-order valence-corrected chi connectivity index (χ2v) is 4.88. The van der Waals surface area contributed by atoms with Gasteiger partial charge in [0.25, 0.3) is 0 Å². The highest BCUT2D eigenvalue weighted by Crippen LogP contribution is 2.15. The molecule has 1 fully saturated rings. The molecule has 0 bridgehead atoms. The largest absolute Gasteiger partial charge is 0.477 e. The number of rotatable bonds is 3. The van der Waals surface area contributed by atoms with Gasteiger partial charge < -0.3 is 14.8 Å². The SMILES string of the molecule is COC(=O)C#Cc1cc(OCC2CCNCC2)nc(C)n1. The summed E-state index contributed by atoms with van der Waals surface area (Å²) in [7, 11) is 1.29. The van der Waals surface area contributed by atoms with Crippen molar-refractivity contribution in [1.82, 2.24) is 15.3 Å². The predicted octanol–water partition coefficient (Wildman–Crippen LogP) is 0.688. The molecule has 21 heavy (non-hydrogen) atoms. The van der Waals surface area contributed by atoms with Gasteiger partial charge in [0, 0.05) is 12.0 Å². The van der Waals surface area contributed by atoms with Crippen LogP contribution >= 0.6 is 0 Å². The smallest absolute Gasteiger partial charge is 0.384 e. The lowest BCUT2D eigenvalue weighted by atomic mass is 9.99. The molecule has 6 heteroatoms. The summed E-state index contributed by atoms with van der Waals surface area (Å²) in [5.41, 5.74) is 0.452. The maximum Gasteiger partial charge on any atom is 0.384 e. The topological polar surface area (TPSA) is 73.3 Å². The predicted molar refractivity (Wildman–Crippen MR) is 76.8 cm³/mol. The number of hydrogen-bond donors (Lipinski definition) is 1. The Morgan fingerprint density at radius 1 is 1.43 bits per heavy atom. The van der Waals surface area contributed by atoms with E-state index in [4.69, 9.17) is 4.74 Å². The van der Waals surface area contributed by atoms with E-state index in [1.54, 1.807) is 13.0 Å². The fourth-order valence-corrected chi connectivity index (χ4v) is 2.10. The number of esters is 1. The molecule has 0 amide bonds. The third-order valence-corrected chi connectivity index (χ3v) is 3.22. The van der Waals surface area contributed by atoms with Crippen molar-refractivity contribution in [2.75, 3.05) is 26.8 Å². The molecule has 0 spiro atoms. The Labute approximate surface area is 124 Å². The molecule has 1 N–H and O–H groups in total. The summed E-state index contributed by atoms with van der Waals surface area (Å²) in [6, 6.07) is 1.64. The van der Waals surface area contributed by atoms with Gasteiger partial charge in [0.15, 0.2) is 0 Å². The van der Waals surface area contributed by atoms with Crippen LogP contribution in [0, 0.1) is 24.7 Å². The molecule has 6 nitrogen and oxygen atoms in total. The number of piperidine rings is 1. The molecule has 0 saturated carbocycles. The van der Waals surface area contributed by atoms with Crippen molar-refractivity contribution in [3.63, 3.8) is 0 Å². The molecule has 0 aromatic carbocycles. The van der Waals surface area contributed by atoms with E-state index < -0.39 is 5.97 Å². The van der Waals surface area contributed by atoms with Gasteiger partial charge in [-0.25, -0.2) is 9.78 Å². The zero-order valence-electron chi connectivity index (χ0n) is 12.3. The summed E-state index contributed by atoms with van der Waals surface area (Å²) in [5, 5.41) is 3.32. The van der Waals surface area contributed by atoms with E-state index in [2.05, 4.69) is 31.9 Å². The average Bonchev–Trinajstić information content (AvgIpc) is 2.51. The molecule has 1 aromatic heterocycles. The van der Waals surface area contributed by atoms with Crippen LogP contribution in [-0.4, -0.2) is 42.7 Å². The van der Waals surface area contributed by atoms with Gasteiger partial charge in [-0.2, -0.15) is 4.98 Å². The quantitative estimate of drug-likeness (QED) is 0.652. The van der Waals surface area contributed by atoms with E-state index in [0.717, 1.165) is 25.9 Å². The second kappa shape index (κ2) is 7.60. The average molecular weight is 289 g/mol. The fourth-order valence-electron chi connectivity index (χ4n) is 2.10. The molecule has 1 aromatic rings. The number of aryl methyl sites for hydroxylation is 1. The first-order valence-electron chi connectivity index (χ1n) is 6.96. The number of nitrogens with zero attached hydrogens (tertiary/aromatic N) is 2. The van der Waals surface area contributed by atoms with Gasteiger partial charge in [0.2, 0.25) is 5.88 Å². The Morgan fingerprint density at radius 3 is 2.90 bits per heavy atom. The summed E-state index contributed by atoms with van der Waals surface area (Å²) < 4.78 is 10.2. The number of carbonyl (C=O) groups is 1. The van der Waals surface area contributed by atoms with Crippen molar-refractivity contribution < 1.29 is 14.3 Å². The molecule has 2 rings (SSSR count). The zero-order valence-corrected chi connectivity index (χ0v) is 12.3. The highest BCUT2D eigenvalue weighted by molar-refractivity contribution is 5.88. The van der Waals surface area contributed by atoms with Crippen LogP contribution < -0.4 is 10.1 Å². The molecule has 2 heterocycles. The highest BCUT2D eigenvalue weighted by atomic mass is 16.5. The van der Waals surface area contributed by atoms with Gasteiger partial charge in [-0.05, 0) is 44.7 Å². The third kappa shape index (κ3) is 5.04. The number of carbonyl (C=O) groups excluding carboxylic acids is 1. The molecule has 1 aliphatic rings. The first kappa shape index (κ1) is 15.3. The first-order valence-corrected chi connectivity index (χ1v) is 6.96. The minimum Gasteiger partial charge on any atom is -0.477 e. The van der Waals surface area contributed by atoms with Crippen molar-refractivity contribution >= 4 is 5.97 Å². The van der Waals surface area contributed by atoms with Crippen LogP contribution in [-0.2, 0) is 9.53 Å². The molecule has 1 saturated heterocycles. The van der Waals surface area contributed by atoms with Crippen LogP contribution in [0.2, 0.25) is 0 Å². The standard InChI is InChI=1S/C15H19N3O3/c1-11-17-13(3-4-15(19)20-2)9-14(18-11)21-10-12-5-7-16-8-6-12/h9,12,16H,5-8,10H2,1-2H3. The Balaban J connectivity index is 2.00. The van der Waals surface area contributed by atoms with Crippen LogP contribution in [0.25, 0.3) is 0 Å². The van der Waals surface area contributed by atoms with Gasteiger partial charge >= 0.3 is 5.97 Å². The van der Waals surface area contributed by atoms with E-state index in [0.29, 0.717) is 29.9 Å². The molecule has 0 radical (unpaired) electrons. The Bertz CT molecular complexity index is 557. The fraction of sp³-hybridized carbons (Fsp3) is 0.533. The van der Waals surface area contributed by atoms with E-state index in [9.17, 15) is 4.79 Å². The number of nitrogens with one attached hydrogen (secondary N) is 1. The van der Waals surface area contributed by atoms with Gasteiger partial charge in [-0.15, -0.1) is 0 Å². The van der Waals surface area contributed by atoms with Crippen LogP contribution in [0.1, 0.15) is 24.4 Å². The lowest BCUT2D eigenvalue weighted by molar-refractivity contribution is -0.133. The van der Waals surface area contributed by atoms with E-state index in [-0.39, 0.29) is 0 Å². The monoisotopic (exact) mass is 289 g/mol. The Kier molecular flexibility index (Phi) is 5.52. The summed E-state index contributed by atoms with van der Waals surface area (Å²) in [5.74, 6) is 6.00. The Hall–Kier alpha value is -2.13. The molecule has 0 unspecified atom stereocenters. The molecule has 0 aliphatic carbocycles. The minimum absolute atomic E-state index is 0.452. The van der Waals surface area contributed by atoms with Gasteiger partial charge in [-0.3, -0.25) is 0 Å². The lowest BCUT2D eigenvalue weighted by Crippen LogP contribution is -2.30. The normalized spacial score (nSPS) is 15.0. The second-order valence-electron chi connectivity index (χ2n) is 4.88. The summed E-state index contributed by atoms with van der Waals surface area (Å²) in [4.78, 5) is 19.4. The maximum absolute atomic E-state index is 11.0. The lowest BCUT2D eigenvalue weighted by Gasteiger charge is -2.22. The summed E-state index contributed by atoms with van der Waals surface area (Å²) in [6.07, 6.45) is 2.22. The maximum atomic E-state index is 11.0. The summed E-state index contributed by atoms with van der Waals surface area (Å²) in [6.45, 7) is 4.47. The van der Waals surface area contributed by atoms with Gasteiger partial charge in [0.05, 0.1) is 13.7 Å². The van der Waals surface area contributed by atoms with Crippen LogP contribution in [0.4, 0.5) is 0 Å². The van der Waals surface area contributed by atoms with Crippen molar-refractivity contribution in [2.24, 2.45) is 5.92 Å². The van der Waals surface area contributed by atoms with Crippen molar-refractivity contribution in [2.45, 2.75) is 19.8 Å². The molecular formula is C15H19N3O3. The minimum atomic E-state index is -0.594. The van der Waals surface area contributed by atoms with Crippen LogP contribution in [0.3, 0.4) is 0 Å². The van der Waals surface area contributed by atoms with E-state index in [1.165, 1.54) is 7.11 Å². The number of ether oxygens (including phenoxy) is 2. The van der Waals surface area contributed by atoms with Crippen molar-refractivity contribution in [1.29, 1.82) is 0 Å². The molecule has 112 valence electrons. The first-order chi connectivity index (χ1) is 10.2. The number of methoxy groups -OCH3 is 1. The van der Waals surface area contributed by atoms with Crippen LogP contribution in [0.5, 0.6) is 5.88 Å². The Morgan fingerprint density at radius 2 is 2.19 bits per heavy atom. The van der Waals surface area contributed by atoms with E-state index >= 15 is 0 Å². The zero-order chi connectivity index (χ0) is 15.1. The van der Waals surface area contributed by atoms with Crippen LogP contribution in [0.15, 0.2) is 6.07 Å². The van der Waals surface area contributed by atoms with Gasteiger partial charge in [0.1, 0.15) is 11.5 Å². The van der Waals surface area contributed by atoms with Crippen molar-refractivity contribution in [3.8, 4) is 17.7 Å². The van der Waals surface area contributed by atoms with E-state index in [1.807, 2.05) is 0 Å². The molecular weight excluding hydrogens is 270 g/mol. The highest BCUT2D eigenvalue weighted by Gasteiger charge is 2.14. The van der Waals surface area contributed by atoms with Gasteiger partial charge in [-0.1, -0.05) is 0 Å². The summed E-state index contributed by atoms with van der Waals surface area (Å²) >= 11 is 0. The molecule has 1 aliphatic heterocycles. The number of hydrogen-bond acceptors (Lipinski definition) is 6. The number of aromatic nitrogens is 2. The third-order valence-electron chi connectivity index (χ3n) is 3.22. The molecule has 0 atom stereocenters.